The molecule has 1 unspecified atom stereocenters. The fourth-order valence-corrected chi connectivity index (χ4v) is 2.56. The summed E-state index contributed by atoms with van der Waals surface area (Å²) in [4.78, 5) is 0. The largest absolute Gasteiger partial charge is 0.492 e. The molecule has 0 spiro atoms. The molecule has 1 aromatic rings. The van der Waals surface area contributed by atoms with Crippen LogP contribution in [0.3, 0.4) is 0 Å². The van der Waals surface area contributed by atoms with Crippen molar-refractivity contribution in [2.24, 2.45) is 5.92 Å². The molecular weight excluding hydrogens is 234 g/mol. The molecule has 3 heteroatoms. The average Bonchev–Trinajstić information content (AvgIpc) is 3.00. The molecule has 0 bridgehead atoms. The SMILES string of the molecule is Clc1cc(C2CCNC2)ccc1OCC1CC1. The third-order valence-electron chi connectivity index (χ3n) is 3.66. The molecule has 0 radical (unpaired) electrons. The van der Waals surface area contributed by atoms with Crippen molar-refractivity contribution in [3.63, 3.8) is 0 Å². The minimum Gasteiger partial charge on any atom is -0.492 e. The summed E-state index contributed by atoms with van der Waals surface area (Å²) in [5, 5.41) is 4.14. The first-order valence-corrected chi connectivity index (χ1v) is 6.83. The van der Waals surface area contributed by atoms with Crippen LogP contribution in [0, 0.1) is 5.92 Å². The van der Waals surface area contributed by atoms with Crippen LogP contribution in [0.4, 0.5) is 0 Å². The number of hydrogen-bond donors (Lipinski definition) is 1. The summed E-state index contributed by atoms with van der Waals surface area (Å²) in [5.41, 5.74) is 1.33. The number of benzene rings is 1. The van der Waals surface area contributed by atoms with Gasteiger partial charge in [0.1, 0.15) is 5.75 Å². The molecule has 17 heavy (non-hydrogen) atoms. The van der Waals surface area contributed by atoms with E-state index < -0.39 is 0 Å². The zero-order chi connectivity index (χ0) is 11.7. The van der Waals surface area contributed by atoms with Gasteiger partial charge in [-0.3, -0.25) is 0 Å². The lowest BCUT2D eigenvalue weighted by molar-refractivity contribution is 0.300. The third-order valence-corrected chi connectivity index (χ3v) is 3.95. The molecule has 3 rings (SSSR count). The van der Waals surface area contributed by atoms with Crippen LogP contribution >= 0.6 is 11.6 Å². The van der Waals surface area contributed by atoms with Gasteiger partial charge in [0.2, 0.25) is 0 Å². The fourth-order valence-electron chi connectivity index (χ4n) is 2.32. The first-order valence-electron chi connectivity index (χ1n) is 6.46. The number of halogens is 1. The highest BCUT2D eigenvalue weighted by atomic mass is 35.5. The average molecular weight is 252 g/mol. The van der Waals surface area contributed by atoms with Gasteiger partial charge >= 0.3 is 0 Å². The number of rotatable bonds is 4. The van der Waals surface area contributed by atoms with Gasteiger partial charge in [-0.25, -0.2) is 0 Å². The Morgan fingerprint density at radius 1 is 1.29 bits per heavy atom. The predicted octanol–water partition coefficient (Wildman–Crippen LogP) is 3.21. The second-order valence-electron chi connectivity index (χ2n) is 5.13. The van der Waals surface area contributed by atoms with E-state index in [9.17, 15) is 0 Å². The molecule has 0 amide bonds. The lowest BCUT2D eigenvalue weighted by Gasteiger charge is -2.12. The van der Waals surface area contributed by atoms with E-state index in [1.807, 2.05) is 6.07 Å². The van der Waals surface area contributed by atoms with Crippen LogP contribution in [-0.2, 0) is 0 Å². The minimum atomic E-state index is 0.616. The van der Waals surface area contributed by atoms with Crippen molar-refractivity contribution in [3.05, 3.63) is 28.8 Å². The summed E-state index contributed by atoms with van der Waals surface area (Å²) in [6.45, 7) is 3.00. The maximum absolute atomic E-state index is 6.27. The summed E-state index contributed by atoms with van der Waals surface area (Å²) in [6.07, 6.45) is 3.82. The zero-order valence-corrected chi connectivity index (χ0v) is 10.7. The molecule has 1 saturated carbocycles. The first-order chi connectivity index (χ1) is 8.33. The smallest absolute Gasteiger partial charge is 0.137 e. The Balaban J connectivity index is 1.68. The van der Waals surface area contributed by atoms with Gasteiger partial charge in [-0.15, -0.1) is 0 Å². The molecule has 1 aromatic carbocycles. The summed E-state index contributed by atoms with van der Waals surface area (Å²) in [7, 11) is 0. The molecule has 1 atom stereocenters. The van der Waals surface area contributed by atoms with E-state index in [2.05, 4.69) is 17.4 Å². The highest BCUT2D eigenvalue weighted by Gasteiger charge is 2.22. The van der Waals surface area contributed by atoms with Crippen LogP contribution in [0.15, 0.2) is 18.2 Å². The Labute approximate surface area is 107 Å². The van der Waals surface area contributed by atoms with Crippen LogP contribution in [-0.4, -0.2) is 19.7 Å². The van der Waals surface area contributed by atoms with E-state index >= 15 is 0 Å². The zero-order valence-electron chi connectivity index (χ0n) is 9.92. The van der Waals surface area contributed by atoms with E-state index in [-0.39, 0.29) is 0 Å². The molecule has 2 nitrogen and oxygen atoms in total. The molecule has 1 heterocycles. The Morgan fingerprint density at radius 3 is 2.82 bits per heavy atom. The Hall–Kier alpha value is -0.730. The standard InChI is InChI=1S/C14H18ClNO/c15-13-7-11(12-5-6-16-8-12)3-4-14(13)17-9-10-1-2-10/h3-4,7,10,12,16H,1-2,5-6,8-9H2. The second-order valence-corrected chi connectivity index (χ2v) is 5.54. The highest BCUT2D eigenvalue weighted by molar-refractivity contribution is 6.32. The van der Waals surface area contributed by atoms with Gasteiger partial charge in [-0.2, -0.15) is 0 Å². The molecule has 1 saturated heterocycles. The molecule has 2 fully saturated rings. The normalized spacial score (nSPS) is 23.9. The van der Waals surface area contributed by atoms with Crippen molar-refractivity contribution < 1.29 is 4.74 Å². The van der Waals surface area contributed by atoms with Crippen molar-refractivity contribution in [2.75, 3.05) is 19.7 Å². The van der Waals surface area contributed by atoms with Crippen LogP contribution < -0.4 is 10.1 Å². The molecule has 1 N–H and O–H groups in total. The van der Waals surface area contributed by atoms with Crippen molar-refractivity contribution >= 4 is 11.6 Å². The van der Waals surface area contributed by atoms with E-state index in [1.54, 1.807) is 0 Å². The van der Waals surface area contributed by atoms with Crippen molar-refractivity contribution in [1.29, 1.82) is 0 Å². The third kappa shape index (κ3) is 2.75. The van der Waals surface area contributed by atoms with Gasteiger partial charge in [0.05, 0.1) is 11.6 Å². The van der Waals surface area contributed by atoms with E-state index in [1.165, 1.54) is 24.8 Å². The van der Waals surface area contributed by atoms with Crippen molar-refractivity contribution in [3.8, 4) is 5.75 Å². The first kappa shape index (κ1) is 11.4. The lowest BCUT2D eigenvalue weighted by atomic mass is 9.98. The van der Waals surface area contributed by atoms with Gasteiger partial charge in [0, 0.05) is 6.54 Å². The number of hydrogen-bond acceptors (Lipinski definition) is 2. The van der Waals surface area contributed by atoms with Crippen LogP contribution in [0.2, 0.25) is 5.02 Å². The van der Waals surface area contributed by atoms with E-state index in [0.29, 0.717) is 5.92 Å². The highest BCUT2D eigenvalue weighted by Crippen LogP contribution is 2.33. The fraction of sp³-hybridized carbons (Fsp3) is 0.571. The monoisotopic (exact) mass is 251 g/mol. The summed E-state index contributed by atoms with van der Waals surface area (Å²) >= 11 is 6.27. The quantitative estimate of drug-likeness (QED) is 0.887. The number of ether oxygens (including phenoxy) is 1. The van der Waals surface area contributed by atoms with Gasteiger partial charge in [-0.05, 0) is 55.3 Å². The summed E-state index contributed by atoms with van der Waals surface area (Å²) in [6, 6.07) is 6.26. The molecule has 1 aliphatic heterocycles. The molecular formula is C14H18ClNO. The topological polar surface area (TPSA) is 21.3 Å². The van der Waals surface area contributed by atoms with Gasteiger partial charge in [-0.1, -0.05) is 17.7 Å². The molecule has 2 aliphatic rings. The van der Waals surface area contributed by atoms with Crippen LogP contribution in [0.25, 0.3) is 0 Å². The van der Waals surface area contributed by atoms with Gasteiger partial charge in [0.25, 0.3) is 0 Å². The van der Waals surface area contributed by atoms with Crippen LogP contribution in [0.1, 0.15) is 30.7 Å². The summed E-state index contributed by atoms with van der Waals surface area (Å²) < 4.78 is 5.73. The van der Waals surface area contributed by atoms with E-state index in [0.717, 1.165) is 36.4 Å². The maximum atomic E-state index is 6.27. The molecule has 92 valence electrons. The van der Waals surface area contributed by atoms with Crippen molar-refractivity contribution in [2.45, 2.75) is 25.2 Å². The van der Waals surface area contributed by atoms with Gasteiger partial charge in [0.15, 0.2) is 0 Å². The maximum Gasteiger partial charge on any atom is 0.137 e. The van der Waals surface area contributed by atoms with Crippen molar-refractivity contribution in [1.82, 2.24) is 5.32 Å². The molecule has 0 aromatic heterocycles. The second kappa shape index (κ2) is 4.87. The Kier molecular flexibility index (Phi) is 3.26. The Morgan fingerprint density at radius 2 is 2.18 bits per heavy atom. The Bertz CT molecular complexity index is 397. The van der Waals surface area contributed by atoms with E-state index in [4.69, 9.17) is 16.3 Å². The minimum absolute atomic E-state index is 0.616. The summed E-state index contributed by atoms with van der Waals surface area (Å²) in [5.74, 6) is 2.23. The van der Waals surface area contributed by atoms with Gasteiger partial charge < -0.3 is 10.1 Å². The number of nitrogens with one attached hydrogen (secondary N) is 1. The lowest BCUT2D eigenvalue weighted by Crippen LogP contribution is -2.08. The molecule has 1 aliphatic carbocycles. The van der Waals surface area contributed by atoms with Crippen LogP contribution in [0.5, 0.6) is 5.75 Å². The predicted molar refractivity (Wildman–Crippen MR) is 69.9 cm³/mol.